The summed E-state index contributed by atoms with van der Waals surface area (Å²) in [6, 6.07) is 3.42. The van der Waals surface area contributed by atoms with E-state index in [4.69, 9.17) is 4.74 Å². The molecule has 0 unspecified atom stereocenters. The third-order valence-electron chi connectivity index (χ3n) is 3.35. The molecule has 1 amide bonds. The molecule has 0 atom stereocenters. The van der Waals surface area contributed by atoms with E-state index in [0.29, 0.717) is 37.7 Å². The van der Waals surface area contributed by atoms with Crippen LogP contribution in [0.2, 0.25) is 0 Å². The molecule has 1 aliphatic heterocycles. The molecule has 1 saturated heterocycles. The normalized spacial score (nSPS) is 15.6. The van der Waals surface area contributed by atoms with E-state index >= 15 is 0 Å². The van der Waals surface area contributed by atoms with Crippen LogP contribution in [0.4, 0.5) is 10.2 Å². The maximum absolute atomic E-state index is 12.4. The zero-order valence-corrected chi connectivity index (χ0v) is 11.9. The summed E-state index contributed by atoms with van der Waals surface area (Å²) in [5.74, 6) is 1.27. The van der Waals surface area contributed by atoms with Crippen LogP contribution in [-0.4, -0.2) is 48.8 Å². The number of amides is 1. The van der Waals surface area contributed by atoms with E-state index in [1.165, 1.54) is 0 Å². The highest BCUT2D eigenvalue weighted by molar-refractivity contribution is 5.78. The van der Waals surface area contributed by atoms with E-state index in [0.717, 1.165) is 0 Å². The highest BCUT2D eigenvalue weighted by Crippen LogP contribution is 2.26. The zero-order valence-electron chi connectivity index (χ0n) is 11.9. The van der Waals surface area contributed by atoms with Gasteiger partial charge in [-0.2, -0.15) is 0 Å². The van der Waals surface area contributed by atoms with Gasteiger partial charge in [0.15, 0.2) is 11.6 Å². The van der Waals surface area contributed by atoms with Crippen molar-refractivity contribution >= 4 is 11.7 Å². The lowest BCUT2D eigenvalue weighted by Gasteiger charge is -2.36. The van der Waals surface area contributed by atoms with Crippen molar-refractivity contribution in [3.05, 3.63) is 18.3 Å². The minimum Gasteiger partial charge on any atom is -0.459 e. The third kappa shape index (κ3) is 3.18. The number of carbonyl (C=O) groups is 1. The summed E-state index contributed by atoms with van der Waals surface area (Å²) in [4.78, 5) is 20.1. The molecule has 1 aromatic rings. The van der Waals surface area contributed by atoms with E-state index in [2.05, 4.69) is 4.98 Å². The second-order valence-corrected chi connectivity index (χ2v) is 5.05. The van der Waals surface area contributed by atoms with Gasteiger partial charge in [0.1, 0.15) is 0 Å². The van der Waals surface area contributed by atoms with Crippen LogP contribution in [-0.2, 0) is 4.79 Å². The number of carbonyl (C=O) groups excluding carboxylic acids is 1. The van der Waals surface area contributed by atoms with E-state index < -0.39 is 6.86 Å². The predicted molar refractivity (Wildman–Crippen MR) is 74.5 cm³/mol. The highest BCUT2D eigenvalue weighted by atomic mass is 19.1. The Morgan fingerprint density at radius 2 is 2.10 bits per heavy atom. The summed E-state index contributed by atoms with van der Waals surface area (Å²) in [6.45, 7) is 5.60. The molecule has 0 bridgehead atoms. The Balaban J connectivity index is 2.02. The van der Waals surface area contributed by atoms with Crippen LogP contribution in [0.25, 0.3) is 0 Å². The first-order valence-electron chi connectivity index (χ1n) is 6.81. The number of piperazine rings is 1. The number of hydrogen-bond acceptors (Lipinski definition) is 4. The molecule has 2 rings (SSSR count). The van der Waals surface area contributed by atoms with Crippen molar-refractivity contribution in [3.63, 3.8) is 0 Å². The van der Waals surface area contributed by atoms with Gasteiger partial charge < -0.3 is 14.5 Å². The molecular weight excluding hydrogens is 261 g/mol. The Labute approximate surface area is 118 Å². The summed E-state index contributed by atoms with van der Waals surface area (Å²) >= 11 is 0. The second kappa shape index (κ2) is 6.54. The first kappa shape index (κ1) is 14.6. The largest absolute Gasteiger partial charge is 0.459 e. The number of halogens is 1. The molecule has 5 nitrogen and oxygen atoms in total. The van der Waals surface area contributed by atoms with Gasteiger partial charge in [0.25, 0.3) is 0 Å². The van der Waals surface area contributed by atoms with Crippen LogP contribution in [0.5, 0.6) is 5.75 Å². The Kier molecular flexibility index (Phi) is 4.76. The Hall–Kier alpha value is -1.85. The first-order chi connectivity index (χ1) is 9.63. The number of anilines is 1. The molecule has 0 N–H and O–H groups in total. The monoisotopic (exact) mass is 281 g/mol. The van der Waals surface area contributed by atoms with Gasteiger partial charge in [0.05, 0.1) is 0 Å². The maximum atomic E-state index is 12.4. The van der Waals surface area contributed by atoms with Crippen molar-refractivity contribution in [2.45, 2.75) is 13.8 Å². The number of rotatable bonds is 4. The second-order valence-electron chi connectivity index (χ2n) is 5.05. The van der Waals surface area contributed by atoms with Crippen molar-refractivity contribution in [2.24, 2.45) is 5.92 Å². The van der Waals surface area contributed by atoms with E-state index in [-0.39, 0.29) is 11.8 Å². The lowest BCUT2D eigenvalue weighted by Crippen LogP contribution is -2.50. The summed E-state index contributed by atoms with van der Waals surface area (Å²) in [6.07, 6.45) is 1.66. The first-order valence-corrected chi connectivity index (χ1v) is 6.81. The van der Waals surface area contributed by atoms with Crippen LogP contribution < -0.4 is 9.64 Å². The van der Waals surface area contributed by atoms with Gasteiger partial charge in [-0.25, -0.2) is 9.37 Å². The summed E-state index contributed by atoms with van der Waals surface area (Å²) in [5, 5.41) is 0. The van der Waals surface area contributed by atoms with Crippen LogP contribution in [0.3, 0.4) is 0 Å². The standard InChI is InChI=1S/C14H20FN3O2/c1-11(2)14(19)18-8-6-17(7-9-18)13-12(20-10-15)4-3-5-16-13/h3-5,11H,6-10H2,1-2H3. The minimum absolute atomic E-state index is 0.0156. The van der Waals surface area contributed by atoms with Gasteiger partial charge in [-0.15, -0.1) is 0 Å². The number of nitrogens with zero attached hydrogens (tertiary/aromatic N) is 3. The van der Waals surface area contributed by atoms with Crippen LogP contribution in [0.1, 0.15) is 13.8 Å². The molecule has 1 fully saturated rings. The van der Waals surface area contributed by atoms with E-state index in [1.54, 1.807) is 18.3 Å². The van der Waals surface area contributed by atoms with Crippen molar-refractivity contribution in [1.82, 2.24) is 9.88 Å². The highest BCUT2D eigenvalue weighted by Gasteiger charge is 2.24. The zero-order chi connectivity index (χ0) is 14.5. The molecule has 20 heavy (non-hydrogen) atoms. The summed E-state index contributed by atoms with van der Waals surface area (Å²) in [7, 11) is 0. The molecule has 2 heterocycles. The lowest BCUT2D eigenvalue weighted by molar-refractivity contribution is -0.134. The molecule has 6 heteroatoms. The Bertz CT molecular complexity index is 459. The van der Waals surface area contributed by atoms with Crippen LogP contribution in [0, 0.1) is 5.92 Å². The molecule has 0 saturated carbocycles. The molecule has 0 spiro atoms. The number of alkyl halides is 1. The topological polar surface area (TPSA) is 45.7 Å². The SMILES string of the molecule is CC(C)C(=O)N1CCN(c2ncccc2OCF)CC1. The van der Waals surface area contributed by atoms with Crippen LogP contribution in [0.15, 0.2) is 18.3 Å². The fourth-order valence-electron chi connectivity index (χ4n) is 2.29. The number of hydrogen-bond donors (Lipinski definition) is 0. The average molecular weight is 281 g/mol. The number of ether oxygens (including phenoxy) is 1. The molecule has 110 valence electrons. The quantitative estimate of drug-likeness (QED) is 0.842. The van der Waals surface area contributed by atoms with Gasteiger partial charge in [-0.3, -0.25) is 4.79 Å². The van der Waals surface area contributed by atoms with Crippen molar-refractivity contribution in [3.8, 4) is 5.75 Å². The van der Waals surface area contributed by atoms with Crippen molar-refractivity contribution < 1.29 is 13.9 Å². The lowest BCUT2D eigenvalue weighted by atomic mass is 10.1. The maximum Gasteiger partial charge on any atom is 0.228 e. The molecule has 1 aromatic heterocycles. The Morgan fingerprint density at radius 3 is 2.70 bits per heavy atom. The fraction of sp³-hybridized carbons (Fsp3) is 0.571. The average Bonchev–Trinajstić information content (AvgIpc) is 2.47. The number of pyridine rings is 1. The Morgan fingerprint density at radius 1 is 1.40 bits per heavy atom. The van der Waals surface area contributed by atoms with E-state index in [1.807, 2.05) is 23.6 Å². The summed E-state index contributed by atoms with van der Waals surface area (Å²) in [5.41, 5.74) is 0. The van der Waals surface area contributed by atoms with Gasteiger partial charge >= 0.3 is 0 Å². The smallest absolute Gasteiger partial charge is 0.228 e. The van der Waals surface area contributed by atoms with Crippen molar-refractivity contribution in [1.29, 1.82) is 0 Å². The summed E-state index contributed by atoms with van der Waals surface area (Å²) < 4.78 is 17.3. The van der Waals surface area contributed by atoms with Gasteiger partial charge in [-0.1, -0.05) is 13.8 Å². The van der Waals surface area contributed by atoms with Crippen LogP contribution >= 0.6 is 0 Å². The van der Waals surface area contributed by atoms with Gasteiger partial charge in [0, 0.05) is 38.3 Å². The molecule has 0 aromatic carbocycles. The van der Waals surface area contributed by atoms with Gasteiger partial charge in [0.2, 0.25) is 12.8 Å². The fourth-order valence-corrected chi connectivity index (χ4v) is 2.29. The molecule has 1 aliphatic rings. The molecule has 0 radical (unpaired) electrons. The number of aromatic nitrogens is 1. The molecular formula is C14H20FN3O2. The van der Waals surface area contributed by atoms with Crippen molar-refractivity contribution in [2.75, 3.05) is 37.9 Å². The third-order valence-corrected chi connectivity index (χ3v) is 3.35. The van der Waals surface area contributed by atoms with Gasteiger partial charge in [-0.05, 0) is 12.1 Å². The van der Waals surface area contributed by atoms with E-state index in [9.17, 15) is 9.18 Å². The minimum atomic E-state index is -0.871. The predicted octanol–water partition coefficient (Wildman–Crippen LogP) is 1.69. The molecule has 0 aliphatic carbocycles.